The predicted octanol–water partition coefficient (Wildman–Crippen LogP) is 7.70. The molecule has 3 fully saturated rings. The van der Waals surface area contributed by atoms with Gasteiger partial charge in [-0.15, -0.1) is 0 Å². The van der Waals surface area contributed by atoms with Crippen molar-refractivity contribution in [1.82, 2.24) is 0 Å². The predicted molar refractivity (Wildman–Crippen MR) is 124 cm³/mol. The van der Waals surface area contributed by atoms with Crippen LogP contribution in [0.15, 0.2) is 22.8 Å². The molecule has 0 aromatic carbocycles. The molecule has 1 unspecified atom stereocenters. The summed E-state index contributed by atoms with van der Waals surface area (Å²) in [5.41, 5.74) is 5.64. The third-order valence-electron chi connectivity index (χ3n) is 10.7. The molecule has 4 rings (SSSR count). The Kier molecular flexibility index (Phi) is 6.11. The summed E-state index contributed by atoms with van der Waals surface area (Å²) < 4.78 is 0. The Morgan fingerprint density at radius 2 is 1.76 bits per heavy atom. The van der Waals surface area contributed by atoms with Crippen molar-refractivity contribution < 1.29 is 5.11 Å². The molecule has 0 bridgehead atoms. The minimum Gasteiger partial charge on any atom is -0.392 e. The maximum atomic E-state index is 9.43. The van der Waals surface area contributed by atoms with Gasteiger partial charge in [0, 0.05) is 0 Å². The monoisotopic (exact) mass is 398 g/mol. The molecule has 0 amide bonds. The third kappa shape index (κ3) is 3.58. The van der Waals surface area contributed by atoms with Crippen LogP contribution in [0.1, 0.15) is 105 Å². The Morgan fingerprint density at radius 1 is 1.00 bits per heavy atom. The van der Waals surface area contributed by atoms with Crippen molar-refractivity contribution >= 4 is 0 Å². The quantitative estimate of drug-likeness (QED) is 0.470. The fourth-order valence-corrected chi connectivity index (χ4v) is 8.51. The van der Waals surface area contributed by atoms with E-state index in [4.69, 9.17) is 0 Å². The minimum absolute atomic E-state index is 0.221. The van der Waals surface area contributed by atoms with Gasteiger partial charge in [-0.05, 0) is 118 Å². The summed E-state index contributed by atoms with van der Waals surface area (Å²) in [5.74, 6) is 4.41. The smallest absolute Gasteiger partial charge is 0.0641 e. The van der Waals surface area contributed by atoms with Gasteiger partial charge in [0.1, 0.15) is 0 Å². The molecule has 0 aromatic heterocycles. The molecule has 164 valence electrons. The summed E-state index contributed by atoms with van der Waals surface area (Å²) in [6.45, 7) is 12.4. The van der Waals surface area contributed by atoms with Crippen molar-refractivity contribution in [1.29, 1.82) is 0 Å². The number of hydrogen-bond donors (Lipinski definition) is 1. The molecule has 0 spiro atoms. The van der Waals surface area contributed by atoms with Crippen LogP contribution in [0.2, 0.25) is 0 Å². The van der Waals surface area contributed by atoms with Gasteiger partial charge in [-0.1, -0.05) is 50.8 Å². The highest BCUT2D eigenvalue weighted by molar-refractivity contribution is 5.27. The summed E-state index contributed by atoms with van der Waals surface area (Å²) in [4.78, 5) is 0. The Morgan fingerprint density at radius 3 is 2.52 bits per heavy atom. The van der Waals surface area contributed by atoms with Crippen molar-refractivity contribution in [3.63, 3.8) is 0 Å². The van der Waals surface area contributed by atoms with Gasteiger partial charge in [-0.25, -0.2) is 0 Å². The van der Waals surface area contributed by atoms with Gasteiger partial charge in [0.15, 0.2) is 0 Å². The third-order valence-corrected chi connectivity index (χ3v) is 10.7. The Labute approximate surface area is 180 Å². The van der Waals surface area contributed by atoms with E-state index < -0.39 is 0 Å². The molecule has 29 heavy (non-hydrogen) atoms. The average molecular weight is 399 g/mol. The van der Waals surface area contributed by atoms with Gasteiger partial charge < -0.3 is 5.11 Å². The van der Waals surface area contributed by atoms with Crippen LogP contribution in [0.4, 0.5) is 0 Å². The van der Waals surface area contributed by atoms with Crippen LogP contribution in [0.5, 0.6) is 0 Å². The Hall–Kier alpha value is -0.560. The van der Waals surface area contributed by atoms with Crippen LogP contribution in [-0.2, 0) is 0 Å². The van der Waals surface area contributed by atoms with E-state index in [1.54, 1.807) is 0 Å². The minimum atomic E-state index is 0.221. The lowest BCUT2D eigenvalue weighted by Gasteiger charge is -2.57. The van der Waals surface area contributed by atoms with Crippen LogP contribution in [0.3, 0.4) is 0 Å². The van der Waals surface area contributed by atoms with Gasteiger partial charge in [0.25, 0.3) is 0 Å². The average Bonchev–Trinajstić information content (AvgIpc) is 3.08. The SMILES string of the molecule is CC(CO)=C(C)CC[C@@H](C)[C@H]1CC[C@H]2C3=CCC4CCCC[C@]4(C)[C@H]3CC[C@]12C. The number of hydrogen-bond acceptors (Lipinski definition) is 1. The van der Waals surface area contributed by atoms with E-state index in [2.05, 4.69) is 40.7 Å². The molecule has 3 saturated carbocycles. The van der Waals surface area contributed by atoms with Crippen molar-refractivity contribution in [2.24, 2.45) is 40.4 Å². The summed E-state index contributed by atoms with van der Waals surface area (Å²) >= 11 is 0. The zero-order valence-electron chi connectivity index (χ0n) is 19.9. The van der Waals surface area contributed by atoms with E-state index in [-0.39, 0.29) is 6.61 Å². The second-order valence-electron chi connectivity index (χ2n) is 12.0. The molecule has 4 aliphatic rings. The number of aliphatic hydroxyl groups is 1. The van der Waals surface area contributed by atoms with Gasteiger partial charge in [-0.2, -0.15) is 0 Å². The standard InChI is InChI=1S/C28H46O/c1-19(21(3)18-29)9-10-20(2)24-13-14-25-23-12-11-22-8-6-7-16-27(22,4)26(23)15-17-28(24,25)5/h12,20,22,24-26,29H,6-11,13-18H2,1-5H3/t20-,22?,24-,25+,26+,27+,28-/m1/s1. The van der Waals surface area contributed by atoms with Crippen LogP contribution in [-0.4, -0.2) is 11.7 Å². The van der Waals surface area contributed by atoms with Crippen LogP contribution < -0.4 is 0 Å². The summed E-state index contributed by atoms with van der Waals surface area (Å²) in [6, 6.07) is 0. The molecule has 0 aromatic rings. The highest BCUT2D eigenvalue weighted by Gasteiger charge is 2.57. The van der Waals surface area contributed by atoms with Gasteiger partial charge in [-0.3, -0.25) is 0 Å². The molecule has 0 aliphatic heterocycles. The van der Waals surface area contributed by atoms with Crippen molar-refractivity contribution in [2.45, 2.75) is 105 Å². The van der Waals surface area contributed by atoms with Crippen molar-refractivity contribution in [3.05, 3.63) is 22.8 Å². The van der Waals surface area contributed by atoms with E-state index in [1.807, 2.05) is 5.57 Å². The molecule has 7 atom stereocenters. The van der Waals surface area contributed by atoms with E-state index in [0.717, 1.165) is 36.0 Å². The van der Waals surface area contributed by atoms with Gasteiger partial charge >= 0.3 is 0 Å². The fourth-order valence-electron chi connectivity index (χ4n) is 8.51. The number of aliphatic hydroxyl groups excluding tert-OH is 1. The zero-order chi connectivity index (χ0) is 20.8. The first-order chi connectivity index (χ1) is 13.8. The molecule has 0 heterocycles. The van der Waals surface area contributed by atoms with E-state index in [0.29, 0.717) is 10.8 Å². The summed E-state index contributed by atoms with van der Waals surface area (Å²) in [7, 11) is 0. The molecular formula is C28H46O. The maximum absolute atomic E-state index is 9.43. The molecular weight excluding hydrogens is 352 g/mol. The van der Waals surface area contributed by atoms with Gasteiger partial charge in [0.2, 0.25) is 0 Å². The first-order valence-corrected chi connectivity index (χ1v) is 12.8. The van der Waals surface area contributed by atoms with E-state index >= 15 is 0 Å². The highest BCUT2D eigenvalue weighted by atomic mass is 16.3. The summed E-state index contributed by atoms with van der Waals surface area (Å²) in [5, 5.41) is 9.43. The second kappa shape index (κ2) is 8.18. The van der Waals surface area contributed by atoms with Crippen molar-refractivity contribution in [2.75, 3.05) is 6.61 Å². The number of fused-ring (bicyclic) bond motifs is 5. The number of allylic oxidation sites excluding steroid dienone is 3. The highest BCUT2D eigenvalue weighted by Crippen LogP contribution is 2.66. The Bertz CT molecular complexity index is 672. The van der Waals surface area contributed by atoms with Crippen LogP contribution in [0, 0.1) is 40.4 Å². The molecule has 4 aliphatic carbocycles. The van der Waals surface area contributed by atoms with Gasteiger partial charge in [0.05, 0.1) is 6.61 Å². The maximum Gasteiger partial charge on any atom is 0.0641 e. The van der Waals surface area contributed by atoms with E-state index in [9.17, 15) is 5.11 Å². The molecule has 1 nitrogen and oxygen atoms in total. The normalized spacial score (nSPS) is 43.6. The first kappa shape index (κ1) is 21.7. The van der Waals surface area contributed by atoms with E-state index in [1.165, 1.54) is 75.4 Å². The van der Waals surface area contributed by atoms with Crippen LogP contribution in [0.25, 0.3) is 0 Å². The Balaban J connectivity index is 1.50. The molecule has 1 heteroatoms. The largest absolute Gasteiger partial charge is 0.392 e. The van der Waals surface area contributed by atoms with Crippen LogP contribution >= 0.6 is 0 Å². The number of rotatable bonds is 5. The topological polar surface area (TPSA) is 20.2 Å². The lowest BCUT2D eigenvalue weighted by atomic mass is 9.48. The second-order valence-corrected chi connectivity index (χ2v) is 12.0. The van der Waals surface area contributed by atoms with Crippen molar-refractivity contribution in [3.8, 4) is 0 Å². The summed E-state index contributed by atoms with van der Waals surface area (Å²) in [6.07, 6.45) is 18.3. The zero-order valence-corrected chi connectivity index (χ0v) is 19.9. The molecule has 0 radical (unpaired) electrons. The molecule has 0 saturated heterocycles. The first-order valence-electron chi connectivity index (χ1n) is 12.8. The molecule has 1 N–H and O–H groups in total. The fraction of sp³-hybridized carbons (Fsp3) is 0.857. The lowest BCUT2D eigenvalue weighted by molar-refractivity contribution is -0.00781. The lowest BCUT2D eigenvalue weighted by Crippen LogP contribution is -2.48.